The zero-order valence-electron chi connectivity index (χ0n) is 13.7. The van der Waals surface area contributed by atoms with Crippen molar-refractivity contribution in [2.75, 3.05) is 14.1 Å². The van der Waals surface area contributed by atoms with E-state index in [1.54, 1.807) is 0 Å². The molecule has 0 bridgehead atoms. The molecule has 1 unspecified atom stereocenters. The lowest BCUT2D eigenvalue weighted by atomic mass is 10.1. The fraction of sp³-hybridized carbons (Fsp3) is 0.211. The van der Waals surface area contributed by atoms with Crippen molar-refractivity contribution in [3.8, 4) is 16.9 Å². The van der Waals surface area contributed by atoms with E-state index in [1.165, 1.54) is 22.5 Å². The van der Waals surface area contributed by atoms with Crippen LogP contribution in [0.1, 0.15) is 16.9 Å². The number of rotatable bonds is 3. The maximum Gasteiger partial charge on any atom is 0.315 e. The standard InChI is InChI=1S/C19H19ClN3.ClH/c1-21(2)19(20)23-18(14-8-4-3-5-9-14)13-16-12-15-10-6-7-11-17(15)22(16)23;/h3-11,13,19H,12H2,1-2H3;1H/q+1;/p-1. The van der Waals surface area contributed by atoms with Gasteiger partial charge in [-0.25, -0.2) is 4.90 Å². The van der Waals surface area contributed by atoms with Crippen LogP contribution in [0.3, 0.4) is 0 Å². The number of alkyl halides is 1. The van der Waals surface area contributed by atoms with Crippen LogP contribution in [0.2, 0.25) is 0 Å². The normalized spacial score (nSPS) is 13.3. The summed E-state index contributed by atoms with van der Waals surface area (Å²) in [5, 5.41) is 0. The quantitative estimate of drug-likeness (QED) is 0.296. The van der Waals surface area contributed by atoms with Gasteiger partial charge in [0.2, 0.25) is 5.69 Å². The molecule has 124 valence electrons. The van der Waals surface area contributed by atoms with Crippen molar-refractivity contribution in [2.45, 2.75) is 12.0 Å². The molecule has 0 spiro atoms. The van der Waals surface area contributed by atoms with E-state index in [2.05, 4.69) is 64.0 Å². The Labute approximate surface area is 153 Å². The van der Waals surface area contributed by atoms with Crippen LogP contribution in [0.5, 0.6) is 0 Å². The van der Waals surface area contributed by atoms with Crippen LogP contribution in [0.25, 0.3) is 16.9 Å². The minimum Gasteiger partial charge on any atom is -1.00 e. The summed E-state index contributed by atoms with van der Waals surface area (Å²) in [5.74, 6) is 0. The lowest BCUT2D eigenvalue weighted by molar-refractivity contribution is -0.777. The topological polar surface area (TPSA) is 12.1 Å². The Kier molecular flexibility index (Phi) is 4.68. The molecule has 0 saturated carbocycles. The molecule has 4 rings (SSSR count). The first kappa shape index (κ1) is 17.0. The minimum atomic E-state index is -0.259. The number of hydrogen-bond acceptors (Lipinski definition) is 1. The van der Waals surface area contributed by atoms with E-state index in [9.17, 15) is 0 Å². The highest BCUT2D eigenvalue weighted by Gasteiger charge is 2.36. The number of fused-ring (bicyclic) bond motifs is 3. The highest BCUT2D eigenvalue weighted by atomic mass is 35.5. The Bertz CT molecular complexity index is 856. The third-order valence-corrected chi connectivity index (χ3v) is 4.90. The van der Waals surface area contributed by atoms with E-state index < -0.39 is 0 Å². The molecule has 24 heavy (non-hydrogen) atoms. The molecule has 0 saturated heterocycles. The maximum atomic E-state index is 6.76. The Hall–Kier alpha value is -1.81. The van der Waals surface area contributed by atoms with E-state index in [4.69, 9.17) is 11.6 Å². The second-order valence-electron chi connectivity index (χ2n) is 6.12. The zero-order valence-corrected chi connectivity index (χ0v) is 15.2. The van der Waals surface area contributed by atoms with Gasteiger partial charge in [0.1, 0.15) is 5.69 Å². The molecule has 1 atom stereocenters. The smallest absolute Gasteiger partial charge is 0.315 e. The van der Waals surface area contributed by atoms with Crippen molar-refractivity contribution in [2.24, 2.45) is 0 Å². The summed E-state index contributed by atoms with van der Waals surface area (Å²) in [6.45, 7) is 0. The molecule has 2 heterocycles. The van der Waals surface area contributed by atoms with Crippen LogP contribution in [0.4, 0.5) is 0 Å². The van der Waals surface area contributed by atoms with E-state index in [0.717, 1.165) is 12.1 Å². The van der Waals surface area contributed by atoms with Crippen LogP contribution < -0.4 is 17.1 Å². The second-order valence-corrected chi connectivity index (χ2v) is 6.51. The average molecular weight is 360 g/mol. The van der Waals surface area contributed by atoms with Crippen LogP contribution in [0.15, 0.2) is 60.7 Å². The third-order valence-electron chi connectivity index (χ3n) is 4.33. The van der Waals surface area contributed by atoms with Crippen LogP contribution in [-0.4, -0.2) is 23.7 Å². The molecule has 1 aromatic heterocycles. The van der Waals surface area contributed by atoms with Gasteiger partial charge in [0.25, 0.3) is 0 Å². The summed E-state index contributed by atoms with van der Waals surface area (Å²) in [5.41, 5.74) is 5.90. The number of nitrogens with zero attached hydrogens (tertiary/aromatic N) is 3. The molecule has 0 amide bonds. The molecule has 1 aliphatic heterocycles. The first-order valence-corrected chi connectivity index (χ1v) is 8.21. The Morgan fingerprint density at radius 1 is 1.04 bits per heavy atom. The minimum absolute atomic E-state index is 0. The lowest BCUT2D eigenvalue weighted by Gasteiger charge is -2.15. The van der Waals surface area contributed by atoms with Gasteiger partial charge in [-0.2, -0.15) is 0 Å². The molecule has 0 N–H and O–H groups in total. The highest BCUT2D eigenvalue weighted by molar-refractivity contribution is 6.17. The Morgan fingerprint density at radius 3 is 2.42 bits per heavy atom. The summed E-state index contributed by atoms with van der Waals surface area (Å²) < 4.78 is 4.44. The van der Waals surface area contributed by atoms with Gasteiger partial charge in [-0.3, -0.25) is 0 Å². The number of hydrogen-bond donors (Lipinski definition) is 0. The van der Waals surface area contributed by atoms with E-state index >= 15 is 0 Å². The highest BCUT2D eigenvalue weighted by Crippen LogP contribution is 2.31. The number of para-hydroxylation sites is 1. The Balaban J connectivity index is 0.00000169. The van der Waals surface area contributed by atoms with Crippen LogP contribution in [0, 0.1) is 0 Å². The molecule has 5 heteroatoms. The van der Waals surface area contributed by atoms with Gasteiger partial charge in [-0.1, -0.05) is 41.1 Å². The van der Waals surface area contributed by atoms with E-state index in [0.29, 0.717) is 0 Å². The largest absolute Gasteiger partial charge is 1.00 e. The molecular weight excluding hydrogens is 341 g/mol. The molecule has 3 nitrogen and oxygen atoms in total. The van der Waals surface area contributed by atoms with Crippen molar-refractivity contribution in [3.05, 3.63) is 71.9 Å². The number of aromatic nitrogens is 2. The summed E-state index contributed by atoms with van der Waals surface area (Å²) in [6, 6.07) is 21.2. The second kappa shape index (κ2) is 6.60. The van der Waals surface area contributed by atoms with Crippen LogP contribution >= 0.6 is 11.6 Å². The zero-order chi connectivity index (χ0) is 16.0. The first-order valence-electron chi connectivity index (χ1n) is 7.77. The number of benzene rings is 2. The van der Waals surface area contributed by atoms with Gasteiger partial charge in [-0.15, -0.1) is 4.68 Å². The van der Waals surface area contributed by atoms with Crippen molar-refractivity contribution in [1.82, 2.24) is 9.58 Å². The van der Waals surface area contributed by atoms with Gasteiger partial charge in [0, 0.05) is 18.1 Å². The van der Waals surface area contributed by atoms with Gasteiger partial charge in [0.15, 0.2) is 0 Å². The van der Waals surface area contributed by atoms with E-state index in [-0.39, 0.29) is 18.0 Å². The summed E-state index contributed by atoms with van der Waals surface area (Å²) >= 11 is 6.76. The third kappa shape index (κ3) is 2.63. The fourth-order valence-corrected chi connectivity index (χ4v) is 3.44. The Morgan fingerprint density at radius 2 is 1.71 bits per heavy atom. The molecule has 2 aromatic carbocycles. The monoisotopic (exact) mass is 359 g/mol. The average Bonchev–Trinajstić information content (AvgIpc) is 3.10. The SMILES string of the molecule is CN(C)C(Cl)[n+]1c(-c2ccccc2)cc2n1-c1ccccc1C2.[Cl-]. The molecule has 0 radical (unpaired) electrons. The number of halogens is 2. The van der Waals surface area contributed by atoms with Crippen molar-refractivity contribution >= 4 is 11.6 Å². The molecule has 3 aromatic rings. The van der Waals surface area contributed by atoms with E-state index in [1.807, 2.05) is 25.1 Å². The van der Waals surface area contributed by atoms with Crippen molar-refractivity contribution < 1.29 is 17.1 Å². The summed E-state index contributed by atoms with van der Waals surface area (Å²) in [4.78, 5) is 2.02. The molecule has 1 aliphatic rings. The van der Waals surface area contributed by atoms with Gasteiger partial charge < -0.3 is 12.4 Å². The van der Waals surface area contributed by atoms with Gasteiger partial charge in [-0.05, 0) is 49.5 Å². The maximum absolute atomic E-state index is 6.76. The van der Waals surface area contributed by atoms with Gasteiger partial charge >= 0.3 is 5.62 Å². The predicted molar refractivity (Wildman–Crippen MR) is 92.8 cm³/mol. The van der Waals surface area contributed by atoms with Gasteiger partial charge in [0.05, 0.1) is 5.69 Å². The molecular formula is C19H19Cl2N3. The predicted octanol–water partition coefficient (Wildman–Crippen LogP) is 0.596. The first-order chi connectivity index (χ1) is 11.2. The molecule has 0 aliphatic carbocycles. The molecule has 0 fully saturated rings. The van der Waals surface area contributed by atoms with Crippen molar-refractivity contribution in [3.63, 3.8) is 0 Å². The lowest BCUT2D eigenvalue weighted by Crippen LogP contribution is -3.00. The van der Waals surface area contributed by atoms with Crippen LogP contribution in [-0.2, 0) is 6.42 Å². The fourth-order valence-electron chi connectivity index (χ4n) is 3.24. The summed E-state index contributed by atoms with van der Waals surface area (Å²) in [7, 11) is 4.00. The van der Waals surface area contributed by atoms with Crippen molar-refractivity contribution in [1.29, 1.82) is 0 Å². The summed E-state index contributed by atoms with van der Waals surface area (Å²) in [6.07, 6.45) is 0.944.